The lowest BCUT2D eigenvalue weighted by atomic mass is 9.78. The maximum absolute atomic E-state index is 5.61. The Hall–Kier alpha value is -3.21. The van der Waals surface area contributed by atoms with Crippen LogP contribution in [-0.4, -0.2) is 29.3 Å². The van der Waals surface area contributed by atoms with Gasteiger partial charge in [0.05, 0.1) is 17.1 Å². The molecular formula is C25H28N4O. The van der Waals surface area contributed by atoms with Crippen LogP contribution >= 0.6 is 0 Å². The first kappa shape index (κ1) is 20.1. The van der Waals surface area contributed by atoms with Gasteiger partial charge < -0.3 is 10.2 Å². The Labute approximate surface area is 178 Å². The van der Waals surface area contributed by atoms with Gasteiger partial charge in [-0.05, 0) is 42.4 Å². The Morgan fingerprint density at radius 3 is 2.57 bits per heavy atom. The van der Waals surface area contributed by atoms with Crippen LogP contribution in [0.4, 0.5) is 5.95 Å². The summed E-state index contributed by atoms with van der Waals surface area (Å²) in [4.78, 5) is 15.0. The molecule has 5 heteroatoms. The van der Waals surface area contributed by atoms with Gasteiger partial charge in [0.2, 0.25) is 5.95 Å². The summed E-state index contributed by atoms with van der Waals surface area (Å²) < 4.78 is 0. The van der Waals surface area contributed by atoms with Crippen molar-refractivity contribution < 1.29 is 4.84 Å². The third kappa shape index (κ3) is 4.06. The molecule has 4 rings (SSSR count). The van der Waals surface area contributed by atoms with E-state index in [0.717, 1.165) is 41.9 Å². The smallest absolute Gasteiger partial charge is 0.222 e. The minimum Gasteiger partial charge on any atom is -0.396 e. The van der Waals surface area contributed by atoms with Crippen molar-refractivity contribution in [1.82, 2.24) is 9.97 Å². The SMILES string of the molecule is CCCO/N=C1\CC(c2ccccc2-c2ccccc2)Cc2nc(NC)nc(C)c21. The third-order valence-electron chi connectivity index (χ3n) is 5.51. The molecule has 1 aliphatic carbocycles. The van der Waals surface area contributed by atoms with Crippen molar-refractivity contribution in [2.24, 2.45) is 5.16 Å². The van der Waals surface area contributed by atoms with E-state index in [-0.39, 0.29) is 5.92 Å². The second-order valence-corrected chi connectivity index (χ2v) is 7.63. The number of anilines is 1. The topological polar surface area (TPSA) is 59.4 Å². The van der Waals surface area contributed by atoms with Crippen LogP contribution in [0.2, 0.25) is 0 Å². The van der Waals surface area contributed by atoms with Crippen LogP contribution in [0.25, 0.3) is 11.1 Å². The molecule has 30 heavy (non-hydrogen) atoms. The fourth-order valence-electron chi connectivity index (χ4n) is 4.16. The Morgan fingerprint density at radius 2 is 1.80 bits per heavy atom. The van der Waals surface area contributed by atoms with Gasteiger partial charge >= 0.3 is 0 Å². The summed E-state index contributed by atoms with van der Waals surface area (Å²) in [5.74, 6) is 0.925. The number of nitrogens with zero attached hydrogens (tertiary/aromatic N) is 3. The Morgan fingerprint density at radius 1 is 1.03 bits per heavy atom. The highest BCUT2D eigenvalue weighted by Gasteiger charge is 2.30. The van der Waals surface area contributed by atoms with Crippen molar-refractivity contribution in [3.8, 4) is 11.1 Å². The molecule has 1 aliphatic rings. The standard InChI is InChI=1S/C25H28N4O/c1-4-14-30-29-23-16-19(15-22-24(23)17(2)27-25(26-3)28-22)21-13-9-8-12-20(21)18-10-6-5-7-11-18/h5-13,19H,4,14-16H2,1-3H3,(H,26,27,28)/b29-23+. The first-order valence-corrected chi connectivity index (χ1v) is 10.6. The second kappa shape index (κ2) is 9.08. The number of benzene rings is 2. The molecule has 0 amide bonds. The summed E-state index contributed by atoms with van der Waals surface area (Å²) in [6.07, 6.45) is 2.59. The largest absolute Gasteiger partial charge is 0.396 e. The molecule has 154 valence electrons. The molecule has 0 fully saturated rings. The highest BCUT2D eigenvalue weighted by molar-refractivity contribution is 6.03. The van der Waals surface area contributed by atoms with E-state index in [1.807, 2.05) is 14.0 Å². The predicted octanol–water partition coefficient (Wildman–Crippen LogP) is 5.35. The van der Waals surface area contributed by atoms with Crippen LogP contribution in [0.3, 0.4) is 0 Å². The first-order chi connectivity index (χ1) is 14.7. The quantitative estimate of drug-likeness (QED) is 0.447. The number of hydrogen-bond acceptors (Lipinski definition) is 5. The molecule has 0 bridgehead atoms. The average Bonchev–Trinajstić information content (AvgIpc) is 2.79. The van der Waals surface area contributed by atoms with Crippen molar-refractivity contribution in [1.29, 1.82) is 0 Å². The number of nitrogens with one attached hydrogen (secondary N) is 1. The molecule has 0 saturated carbocycles. The average molecular weight is 401 g/mol. The third-order valence-corrected chi connectivity index (χ3v) is 5.51. The van der Waals surface area contributed by atoms with E-state index in [1.165, 1.54) is 16.7 Å². The number of hydrogen-bond donors (Lipinski definition) is 1. The molecule has 1 aromatic heterocycles. The first-order valence-electron chi connectivity index (χ1n) is 10.6. The summed E-state index contributed by atoms with van der Waals surface area (Å²) in [6, 6.07) is 19.2. The van der Waals surface area contributed by atoms with Gasteiger partial charge in [-0.15, -0.1) is 0 Å². The summed E-state index contributed by atoms with van der Waals surface area (Å²) in [7, 11) is 1.85. The predicted molar refractivity (Wildman–Crippen MR) is 122 cm³/mol. The molecular weight excluding hydrogens is 372 g/mol. The van der Waals surface area contributed by atoms with Crippen LogP contribution < -0.4 is 5.32 Å². The van der Waals surface area contributed by atoms with Gasteiger partial charge in [0, 0.05) is 19.0 Å². The van der Waals surface area contributed by atoms with Crippen molar-refractivity contribution in [2.45, 2.75) is 39.0 Å². The van der Waals surface area contributed by atoms with Gasteiger partial charge in [-0.25, -0.2) is 9.97 Å². The van der Waals surface area contributed by atoms with E-state index in [9.17, 15) is 0 Å². The zero-order chi connectivity index (χ0) is 20.9. The number of fused-ring (bicyclic) bond motifs is 1. The van der Waals surface area contributed by atoms with E-state index in [1.54, 1.807) is 0 Å². The number of aryl methyl sites for hydroxylation is 1. The number of aromatic nitrogens is 2. The fourth-order valence-corrected chi connectivity index (χ4v) is 4.16. The van der Waals surface area contributed by atoms with Gasteiger partial charge in [-0.1, -0.05) is 66.7 Å². The van der Waals surface area contributed by atoms with Gasteiger partial charge in [0.25, 0.3) is 0 Å². The van der Waals surface area contributed by atoms with E-state index in [2.05, 4.69) is 77.0 Å². The molecule has 2 aromatic carbocycles. The molecule has 1 atom stereocenters. The van der Waals surface area contributed by atoms with Gasteiger partial charge in [-0.3, -0.25) is 0 Å². The van der Waals surface area contributed by atoms with Crippen LogP contribution in [0.5, 0.6) is 0 Å². The molecule has 0 radical (unpaired) electrons. The lowest BCUT2D eigenvalue weighted by molar-refractivity contribution is 0.144. The molecule has 0 saturated heterocycles. The second-order valence-electron chi connectivity index (χ2n) is 7.63. The van der Waals surface area contributed by atoms with Crippen LogP contribution in [-0.2, 0) is 11.3 Å². The minimum atomic E-state index is 0.275. The molecule has 0 aliphatic heterocycles. The summed E-state index contributed by atoms with van der Waals surface area (Å²) >= 11 is 0. The maximum atomic E-state index is 5.61. The molecule has 1 heterocycles. The summed E-state index contributed by atoms with van der Waals surface area (Å²) in [5, 5.41) is 7.61. The van der Waals surface area contributed by atoms with E-state index < -0.39 is 0 Å². The Kier molecular flexibility index (Phi) is 6.07. The van der Waals surface area contributed by atoms with Gasteiger partial charge in [0.15, 0.2) is 0 Å². The van der Waals surface area contributed by atoms with Crippen molar-refractivity contribution >= 4 is 11.7 Å². The van der Waals surface area contributed by atoms with Crippen LogP contribution in [0.15, 0.2) is 59.8 Å². The Bertz CT molecular complexity index is 1050. The van der Waals surface area contributed by atoms with Gasteiger partial charge in [0.1, 0.15) is 6.61 Å². The van der Waals surface area contributed by atoms with Crippen molar-refractivity contribution in [3.63, 3.8) is 0 Å². The number of rotatable bonds is 6. The monoisotopic (exact) mass is 400 g/mol. The van der Waals surface area contributed by atoms with Crippen molar-refractivity contribution in [3.05, 3.63) is 77.1 Å². The zero-order valence-corrected chi connectivity index (χ0v) is 17.9. The van der Waals surface area contributed by atoms with E-state index in [0.29, 0.717) is 12.6 Å². The fraction of sp³-hybridized carbons (Fsp3) is 0.320. The lowest BCUT2D eigenvalue weighted by Crippen LogP contribution is -2.24. The molecule has 1 unspecified atom stereocenters. The summed E-state index contributed by atoms with van der Waals surface area (Å²) in [5.41, 5.74) is 7.77. The van der Waals surface area contributed by atoms with E-state index >= 15 is 0 Å². The minimum absolute atomic E-state index is 0.275. The normalized spacial score (nSPS) is 16.9. The molecule has 3 aromatic rings. The van der Waals surface area contributed by atoms with Crippen molar-refractivity contribution in [2.75, 3.05) is 19.0 Å². The van der Waals surface area contributed by atoms with Crippen LogP contribution in [0, 0.1) is 6.92 Å². The number of oxime groups is 1. The summed E-state index contributed by atoms with van der Waals surface area (Å²) in [6.45, 7) is 4.72. The molecule has 5 nitrogen and oxygen atoms in total. The Balaban J connectivity index is 1.79. The maximum Gasteiger partial charge on any atom is 0.222 e. The zero-order valence-electron chi connectivity index (χ0n) is 17.9. The highest BCUT2D eigenvalue weighted by Crippen LogP contribution is 2.38. The molecule has 0 spiro atoms. The van der Waals surface area contributed by atoms with E-state index in [4.69, 9.17) is 9.82 Å². The highest BCUT2D eigenvalue weighted by atomic mass is 16.6. The lowest BCUT2D eigenvalue weighted by Gasteiger charge is -2.28. The molecule has 1 N–H and O–H groups in total. The van der Waals surface area contributed by atoms with Crippen LogP contribution in [0.1, 0.15) is 48.2 Å². The van der Waals surface area contributed by atoms with Gasteiger partial charge in [-0.2, -0.15) is 0 Å².